The fraction of sp³-hybridized carbons (Fsp3) is 0.500. The summed E-state index contributed by atoms with van der Waals surface area (Å²) in [6.45, 7) is 2.19. The lowest BCUT2D eigenvalue weighted by atomic mass is 10.1. The summed E-state index contributed by atoms with van der Waals surface area (Å²) in [6.07, 6.45) is 6.71. The first-order chi connectivity index (χ1) is 9.28. The molecular formula is C16H21NS2. The predicted molar refractivity (Wildman–Crippen MR) is 85.5 cm³/mol. The second kappa shape index (κ2) is 5.78. The van der Waals surface area contributed by atoms with E-state index in [0.29, 0.717) is 6.04 Å². The first-order valence-corrected chi connectivity index (χ1v) is 8.76. The van der Waals surface area contributed by atoms with Gasteiger partial charge in [-0.3, -0.25) is 0 Å². The van der Waals surface area contributed by atoms with Crippen LogP contribution in [-0.4, -0.2) is 7.05 Å². The van der Waals surface area contributed by atoms with Gasteiger partial charge < -0.3 is 5.32 Å². The van der Waals surface area contributed by atoms with Crippen molar-refractivity contribution in [2.45, 2.75) is 45.1 Å². The molecule has 0 saturated heterocycles. The molecule has 0 aliphatic heterocycles. The zero-order valence-electron chi connectivity index (χ0n) is 11.7. The van der Waals surface area contributed by atoms with Crippen LogP contribution in [0.2, 0.25) is 0 Å². The van der Waals surface area contributed by atoms with Crippen molar-refractivity contribution in [3.05, 3.63) is 43.3 Å². The molecule has 19 heavy (non-hydrogen) atoms. The quantitative estimate of drug-likeness (QED) is 0.809. The first-order valence-electron chi connectivity index (χ1n) is 7.13. The lowest BCUT2D eigenvalue weighted by Gasteiger charge is -2.12. The van der Waals surface area contributed by atoms with Gasteiger partial charge in [-0.2, -0.15) is 0 Å². The molecule has 0 aromatic carbocycles. The highest BCUT2D eigenvalue weighted by atomic mass is 32.1. The highest BCUT2D eigenvalue weighted by Gasteiger charge is 2.19. The molecule has 0 fully saturated rings. The average Bonchev–Trinajstić information content (AvgIpc) is 2.93. The molecule has 0 radical (unpaired) electrons. The van der Waals surface area contributed by atoms with Gasteiger partial charge in [0.15, 0.2) is 0 Å². The third-order valence-corrected chi connectivity index (χ3v) is 6.25. The van der Waals surface area contributed by atoms with E-state index in [9.17, 15) is 0 Å². The highest BCUT2D eigenvalue weighted by Crippen LogP contribution is 2.36. The Morgan fingerprint density at radius 3 is 2.63 bits per heavy atom. The summed E-state index contributed by atoms with van der Waals surface area (Å²) in [5.41, 5.74) is 1.62. The zero-order valence-corrected chi connectivity index (χ0v) is 13.3. The minimum Gasteiger partial charge on any atom is -0.308 e. The number of nitrogens with one attached hydrogen (secondary N) is 1. The van der Waals surface area contributed by atoms with Gasteiger partial charge in [0, 0.05) is 19.5 Å². The lowest BCUT2D eigenvalue weighted by Crippen LogP contribution is -2.15. The van der Waals surface area contributed by atoms with E-state index in [2.05, 4.69) is 37.5 Å². The molecular weight excluding hydrogens is 270 g/mol. The Labute approximate surface area is 123 Å². The maximum atomic E-state index is 3.49. The smallest absolute Gasteiger partial charge is 0.0762 e. The third-order valence-electron chi connectivity index (χ3n) is 3.88. The summed E-state index contributed by atoms with van der Waals surface area (Å²) in [7, 11) is 2.07. The van der Waals surface area contributed by atoms with Gasteiger partial charge in [0.05, 0.1) is 6.04 Å². The second-order valence-corrected chi connectivity index (χ2v) is 7.82. The summed E-state index contributed by atoms with van der Waals surface area (Å²) in [6, 6.07) is 7.34. The fourth-order valence-electron chi connectivity index (χ4n) is 2.87. The Balaban J connectivity index is 1.91. The number of rotatable bonds is 3. The molecule has 0 bridgehead atoms. The Morgan fingerprint density at radius 2 is 1.89 bits per heavy atom. The molecule has 1 N–H and O–H groups in total. The van der Waals surface area contributed by atoms with Crippen molar-refractivity contribution in [2.75, 3.05) is 7.05 Å². The van der Waals surface area contributed by atoms with Gasteiger partial charge in [-0.25, -0.2) is 0 Å². The molecule has 0 spiro atoms. The molecule has 1 aliphatic carbocycles. The van der Waals surface area contributed by atoms with E-state index in [1.54, 1.807) is 10.4 Å². The second-order valence-electron chi connectivity index (χ2n) is 5.33. The van der Waals surface area contributed by atoms with E-state index in [4.69, 9.17) is 0 Å². The topological polar surface area (TPSA) is 12.0 Å². The number of thiophene rings is 2. The Hall–Kier alpha value is -0.640. The van der Waals surface area contributed by atoms with Crippen LogP contribution in [0.25, 0.3) is 0 Å². The van der Waals surface area contributed by atoms with Gasteiger partial charge in [0.25, 0.3) is 0 Å². The van der Waals surface area contributed by atoms with Crippen molar-refractivity contribution in [2.24, 2.45) is 0 Å². The first kappa shape index (κ1) is 13.3. The summed E-state index contributed by atoms with van der Waals surface area (Å²) >= 11 is 3.94. The van der Waals surface area contributed by atoms with Crippen molar-refractivity contribution in [1.29, 1.82) is 0 Å². The molecule has 1 nitrogen and oxygen atoms in total. The Bertz CT molecular complexity index is 529. The number of hydrogen-bond acceptors (Lipinski definition) is 3. The average molecular weight is 291 g/mol. The largest absolute Gasteiger partial charge is 0.308 e. The SMILES string of the molecule is CNC(c1ccc(C)s1)c1cc2c(s1)CCCCC2. The van der Waals surface area contributed by atoms with Crippen LogP contribution in [0, 0.1) is 6.92 Å². The molecule has 2 aromatic heterocycles. The Kier molecular flexibility index (Phi) is 4.06. The molecule has 0 saturated carbocycles. The van der Waals surface area contributed by atoms with Crippen LogP contribution in [0.1, 0.15) is 50.4 Å². The summed E-state index contributed by atoms with van der Waals surface area (Å²) in [5.74, 6) is 0. The molecule has 1 atom stereocenters. The normalized spacial score (nSPS) is 16.9. The molecule has 1 aliphatic rings. The van der Waals surface area contributed by atoms with Gasteiger partial charge in [-0.15, -0.1) is 22.7 Å². The van der Waals surface area contributed by atoms with Crippen LogP contribution >= 0.6 is 22.7 Å². The number of fused-ring (bicyclic) bond motifs is 1. The van der Waals surface area contributed by atoms with Crippen LogP contribution in [-0.2, 0) is 12.8 Å². The maximum Gasteiger partial charge on any atom is 0.0762 e. The highest BCUT2D eigenvalue weighted by molar-refractivity contribution is 7.13. The predicted octanol–water partition coefficient (Wildman–Crippen LogP) is 4.70. The van der Waals surface area contributed by atoms with Crippen molar-refractivity contribution in [3.63, 3.8) is 0 Å². The Morgan fingerprint density at radius 1 is 1.05 bits per heavy atom. The van der Waals surface area contributed by atoms with Crippen molar-refractivity contribution < 1.29 is 0 Å². The molecule has 102 valence electrons. The maximum absolute atomic E-state index is 3.49. The van der Waals surface area contributed by atoms with E-state index in [1.165, 1.54) is 46.7 Å². The van der Waals surface area contributed by atoms with Gasteiger partial charge in [-0.05, 0) is 63.4 Å². The summed E-state index contributed by atoms with van der Waals surface area (Å²) < 4.78 is 0. The van der Waals surface area contributed by atoms with E-state index >= 15 is 0 Å². The van der Waals surface area contributed by atoms with Crippen LogP contribution in [0.5, 0.6) is 0 Å². The van der Waals surface area contributed by atoms with Crippen LogP contribution in [0.3, 0.4) is 0 Å². The number of aryl methyl sites for hydroxylation is 3. The minimum absolute atomic E-state index is 0.385. The standard InChI is InChI=1S/C16H21NS2/c1-11-8-9-14(18-11)16(17-2)15-10-12-6-4-3-5-7-13(12)19-15/h8-10,16-17H,3-7H2,1-2H3. The van der Waals surface area contributed by atoms with Gasteiger partial charge in [-0.1, -0.05) is 6.42 Å². The van der Waals surface area contributed by atoms with E-state index in [-0.39, 0.29) is 0 Å². The summed E-state index contributed by atoms with van der Waals surface area (Å²) in [4.78, 5) is 5.97. The van der Waals surface area contributed by atoms with Gasteiger partial charge in [0.2, 0.25) is 0 Å². The van der Waals surface area contributed by atoms with E-state index in [1.807, 2.05) is 22.7 Å². The van der Waals surface area contributed by atoms with E-state index < -0.39 is 0 Å². The van der Waals surface area contributed by atoms with Crippen molar-refractivity contribution in [3.8, 4) is 0 Å². The molecule has 0 amide bonds. The van der Waals surface area contributed by atoms with Crippen LogP contribution in [0.15, 0.2) is 18.2 Å². The molecule has 3 rings (SSSR count). The summed E-state index contributed by atoms with van der Waals surface area (Å²) in [5, 5.41) is 3.49. The minimum atomic E-state index is 0.385. The van der Waals surface area contributed by atoms with Gasteiger partial charge in [0.1, 0.15) is 0 Å². The van der Waals surface area contributed by atoms with E-state index in [0.717, 1.165) is 0 Å². The third kappa shape index (κ3) is 2.78. The molecule has 2 aromatic rings. The van der Waals surface area contributed by atoms with Crippen molar-refractivity contribution in [1.82, 2.24) is 5.32 Å². The molecule has 2 heterocycles. The van der Waals surface area contributed by atoms with Crippen molar-refractivity contribution >= 4 is 22.7 Å². The van der Waals surface area contributed by atoms with Gasteiger partial charge >= 0.3 is 0 Å². The van der Waals surface area contributed by atoms with Crippen LogP contribution in [0.4, 0.5) is 0 Å². The van der Waals surface area contributed by atoms with Crippen LogP contribution < -0.4 is 5.32 Å². The number of hydrogen-bond donors (Lipinski definition) is 1. The zero-order chi connectivity index (χ0) is 13.2. The molecule has 3 heteroatoms. The fourth-order valence-corrected chi connectivity index (χ4v) is 5.33. The lowest BCUT2D eigenvalue weighted by molar-refractivity contribution is 0.705. The monoisotopic (exact) mass is 291 g/mol. The molecule has 1 unspecified atom stereocenters.